The second-order valence-electron chi connectivity index (χ2n) is 8.42. The molecule has 0 bridgehead atoms. The fraction of sp³-hybridized carbons (Fsp3) is 0.200. The van der Waals surface area contributed by atoms with Gasteiger partial charge >= 0.3 is 5.69 Å². The zero-order chi connectivity index (χ0) is 23.1. The molecule has 0 aliphatic rings. The number of imidazole rings is 2. The van der Waals surface area contributed by atoms with Gasteiger partial charge in [0.1, 0.15) is 11.3 Å². The Labute approximate surface area is 189 Å². The van der Waals surface area contributed by atoms with Crippen molar-refractivity contribution < 1.29 is 4.39 Å². The van der Waals surface area contributed by atoms with E-state index in [4.69, 9.17) is 0 Å². The third-order valence-corrected chi connectivity index (χ3v) is 5.68. The van der Waals surface area contributed by atoms with Crippen molar-refractivity contribution in [2.45, 2.75) is 26.3 Å². The summed E-state index contributed by atoms with van der Waals surface area (Å²) in [6.07, 6.45) is 5.29. The van der Waals surface area contributed by atoms with Crippen LogP contribution in [0.3, 0.4) is 0 Å². The monoisotopic (exact) mass is 442 g/mol. The van der Waals surface area contributed by atoms with Gasteiger partial charge in [-0.15, -0.1) is 0 Å². The number of nitrogens with zero attached hydrogens (tertiary/aromatic N) is 5. The Hall–Kier alpha value is -4.07. The van der Waals surface area contributed by atoms with E-state index in [2.05, 4.69) is 19.9 Å². The molecule has 3 heterocycles. The van der Waals surface area contributed by atoms with Gasteiger partial charge in [-0.2, -0.15) is 0 Å². The Balaban J connectivity index is 1.53. The van der Waals surface area contributed by atoms with Crippen LogP contribution in [0.25, 0.3) is 33.8 Å². The molecular weight excluding hydrogens is 419 g/mol. The number of hydrogen-bond donors (Lipinski definition) is 1. The van der Waals surface area contributed by atoms with Crippen LogP contribution >= 0.6 is 0 Å². The Bertz CT molecular complexity index is 1510. The van der Waals surface area contributed by atoms with Crippen LogP contribution in [0, 0.1) is 5.82 Å². The average Bonchev–Trinajstić information content (AvgIpc) is 3.36. The van der Waals surface area contributed by atoms with E-state index in [1.807, 2.05) is 62.0 Å². The van der Waals surface area contributed by atoms with Crippen LogP contribution < -0.4 is 5.69 Å². The van der Waals surface area contributed by atoms with E-state index in [0.29, 0.717) is 34.7 Å². The second kappa shape index (κ2) is 8.12. The topological polar surface area (TPSA) is 81.4 Å². The molecule has 0 saturated heterocycles. The number of halogens is 1. The van der Waals surface area contributed by atoms with E-state index in [9.17, 15) is 9.18 Å². The van der Waals surface area contributed by atoms with E-state index >= 15 is 0 Å². The SMILES string of the molecule is CC(C)c1c(F)cccc1-c1ncc2[nH]c(=O)n(Cc3ccc(-c4cn(C)cn4)cc3)c2n1. The molecule has 0 aliphatic carbocycles. The molecule has 166 valence electrons. The van der Waals surface area contributed by atoms with Gasteiger partial charge in [-0.25, -0.2) is 24.1 Å². The van der Waals surface area contributed by atoms with Gasteiger partial charge in [-0.3, -0.25) is 4.57 Å². The molecule has 2 aromatic carbocycles. The van der Waals surface area contributed by atoms with Crippen LogP contribution in [0.5, 0.6) is 0 Å². The van der Waals surface area contributed by atoms with Gasteiger partial charge in [-0.05, 0) is 17.5 Å². The maximum Gasteiger partial charge on any atom is 0.328 e. The third kappa shape index (κ3) is 3.84. The molecule has 3 aromatic heterocycles. The summed E-state index contributed by atoms with van der Waals surface area (Å²) in [6.45, 7) is 4.21. The predicted octanol–water partition coefficient (Wildman–Crippen LogP) is 4.50. The van der Waals surface area contributed by atoms with Crippen LogP contribution in [0.2, 0.25) is 0 Å². The minimum absolute atomic E-state index is 0.0356. The molecule has 5 aromatic rings. The smallest absolute Gasteiger partial charge is 0.328 e. The first-order valence-electron chi connectivity index (χ1n) is 10.7. The summed E-state index contributed by atoms with van der Waals surface area (Å²) in [5, 5.41) is 0. The minimum Gasteiger partial charge on any atom is -0.340 e. The Kier molecular flexibility index (Phi) is 5.12. The van der Waals surface area contributed by atoms with Gasteiger partial charge in [0.15, 0.2) is 11.5 Å². The second-order valence-corrected chi connectivity index (χ2v) is 8.42. The van der Waals surface area contributed by atoms with Crippen molar-refractivity contribution in [2.75, 3.05) is 0 Å². The molecule has 5 rings (SSSR count). The lowest BCUT2D eigenvalue weighted by molar-refractivity contribution is 0.599. The third-order valence-electron chi connectivity index (χ3n) is 5.68. The van der Waals surface area contributed by atoms with Crippen molar-refractivity contribution in [2.24, 2.45) is 7.05 Å². The Morgan fingerprint density at radius 1 is 1.09 bits per heavy atom. The first-order valence-corrected chi connectivity index (χ1v) is 10.7. The molecule has 7 nitrogen and oxygen atoms in total. The number of hydrogen-bond acceptors (Lipinski definition) is 4. The normalized spacial score (nSPS) is 11.5. The fourth-order valence-corrected chi connectivity index (χ4v) is 4.07. The van der Waals surface area contributed by atoms with Gasteiger partial charge in [0.25, 0.3) is 0 Å². The van der Waals surface area contributed by atoms with Crippen LogP contribution in [0.15, 0.2) is 66.0 Å². The molecule has 0 unspecified atom stereocenters. The summed E-state index contributed by atoms with van der Waals surface area (Å²) >= 11 is 0. The highest BCUT2D eigenvalue weighted by Gasteiger charge is 2.17. The van der Waals surface area contributed by atoms with E-state index < -0.39 is 0 Å². The molecule has 0 amide bonds. The maximum absolute atomic E-state index is 14.5. The number of aryl methyl sites for hydroxylation is 1. The maximum atomic E-state index is 14.5. The zero-order valence-electron chi connectivity index (χ0n) is 18.6. The number of aromatic amines is 1. The number of aromatic nitrogens is 6. The van der Waals surface area contributed by atoms with E-state index in [0.717, 1.165) is 16.8 Å². The molecule has 0 aliphatic heterocycles. The lowest BCUT2D eigenvalue weighted by Crippen LogP contribution is -2.17. The van der Waals surface area contributed by atoms with Gasteiger partial charge in [0, 0.05) is 29.9 Å². The molecule has 33 heavy (non-hydrogen) atoms. The first kappa shape index (κ1) is 20.8. The largest absolute Gasteiger partial charge is 0.340 e. The molecule has 1 N–H and O–H groups in total. The number of nitrogens with one attached hydrogen (secondary N) is 1. The van der Waals surface area contributed by atoms with E-state index in [1.54, 1.807) is 23.2 Å². The standard InChI is InChI=1S/C25H23FN6O/c1-15(2)22-18(5-4-6-19(22)26)23-27-11-20-24(30-23)32(25(33)29-20)12-16-7-9-17(10-8-16)21-13-31(3)14-28-21/h4-11,13-15H,12H2,1-3H3,(H,29,33). The number of benzene rings is 2. The predicted molar refractivity (Wildman–Crippen MR) is 125 cm³/mol. The zero-order valence-corrected chi connectivity index (χ0v) is 18.6. The van der Waals surface area contributed by atoms with Crippen molar-refractivity contribution in [3.63, 3.8) is 0 Å². The van der Waals surface area contributed by atoms with Crippen molar-refractivity contribution in [1.29, 1.82) is 0 Å². The Morgan fingerprint density at radius 3 is 2.58 bits per heavy atom. The summed E-state index contributed by atoms with van der Waals surface area (Å²) < 4.78 is 18.0. The molecule has 0 saturated carbocycles. The highest BCUT2D eigenvalue weighted by Crippen LogP contribution is 2.30. The molecule has 0 fully saturated rings. The van der Waals surface area contributed by atoms with Crippen molar-refractivity contribution >= 4 is 11.2 Å². The molecular formula is C25H23FN6O. The van der Waals surface area contributed by atoms with E-state index in [-0.39, 0.29) is 17.4 Å². The lowest BCUT2D eigenvalue weighted by Gasteiger charge is -2.13. The quantitative estimate of drug-likeness (QED) is 0.435. The van der Waals surface area contributed by atoms with Gasteiger partial charge in [0.05, 0.1) is 24.8 Å². The fourth-order valence-electron chi connectivity index (χ4n) is 4.07. The summed E-state index contributed by atoms with van der Waals surface area (Å²) in [5.41, 5.74) is 4.79. The molecule has 0 spiro atoms. The summed E-state index contributed by atoms with van der Waals surface area (Å²) in [4.78, 5) is 28.9. The van der Waals surface area contributed by atoms with Crippen LogP contribution in [-0.2, 0) is 13.6 Å². The summed E-state index contributed by atoms with van der Waals surface area (Å²) in [5.74, 6) is 0.0705. The molecule has 8 heteroatoms. The molecule has 0 radical (unpaired) electrons. The van der Waals surface area contributed by atoms with Crippen molar-refractivity contribution in [3.8, 4) is 22.6 Å². The van der Waals surface area contributed by atoms with Crippen LogP contribution in [0.1, 0.15) is 30.9 Å². The summed E-state index contributed by atoms with van der Waals surface area (Å²) in [6, 6.07) is 12.8. The van der Waals surface area contributed by atoms with E-state index in [1.165, 1.54) is 6.07 Å². The number of fused-ring (bicyclic) bond motifs is 1. The highest BCUT2D eigenvalue weighted by molar-refractivity contribution is 5.74. The average molecular weight is 442 g/mol. The number of rotatable bonds is 5. The van der Waals surface area contributed by atoms with Gasteiger partial charge in [-0.1, -0.05) is 50.2 Å². The summed E-state index contributed by atoms with van der Waals surface area (Å²) in [7, 11) is 1.93. The highest BCUT2D eigenvalue weighted by atomic mass is 19.1. The lowest BCUT2D eigenvalue weighted by atomic mass is 9.96. The Morgan fingerprint density at radius 2 is 1.88 bits per heavy atom. The minimum atomic E-state index is -0.286. The van der Waals surface area contributed by atoms with Crippen molar-refractivity contribution in [1.82, 2.24) is 29.1 Å². The van der Waals surface area contributed by atoms with Gasteiger partial charge < -0.3 is 9.55 Å². The molecule has 0 atom stereocenters. The van der Waals surface area contributed by atoms with Crippen LogP contribution in [-0.4, -0.2) is 29.1 Å². The van der Waals surface area contributed by atoms with Crippen LogP contribution in [0.4, 0.5) is 4.39 Å². The van der Waals surface area contributed by atoms with Gasteiger partial charge in [0.2, 0.25) is 0 Å². The first-order chi connectivity index (χ1) is 15.9. The van der Waals surface area contributed by atoms with Crippen molar-refractivity contribution in [3.05, 3.63) is 88.6 Å². The number of H-pyrrole nitrogens is 1.